The second-order valence-electron chi connectivity index (χ2n) is 5.75. The van der Waals surface area contributed by atoms with Crippen LogP contribution in [0.3, 0.4) is 0 Å². The number of aryl methyl sites for hydroxylation is 1. The van der Waals surface area contributed by atoms with E-state index in [1.807, 2.05) is 0 Å². The Morgan fingerprint density at radius 3 is 2.25 bits per heavy atom. The number of likely N-dealkylation sites (N-methyl/N-ethyl adjacent to an activating group) is 1. The van der Waals surface area contributed by atoms with Gasteiger partial charge in [-0.3, -0.25) is 0 Å². The normalized spacial score (nSPS) is 11.7. The Balaban J connectivity index is 3.18. The van der Waals surface area contributed by atoms with E-state index in [2.05, 4.69) is 51.2 Å². The number of hydrogen-bond acceptors (Lipinski definition) is 2. The van der Waals surface area contributed by atoms with Crippen LogP contribution in [-0.4, -0.2) is 20.2 Å². The van der Waals surface area contributed by atoms with Gasteiger partial charge in [0.1, 0.15) is 5.75 Å². The molecule has 0 aliphatic carbocycles. The Bertz CT molecular complexity index is 394. The summed E-state index contributed by atoms with van der Waals surface area (Å²) in [5.74, 6) is 1.01. The number of methoxy groups -OCH3 is 1. The van der Waals surface area contributed by atoms with Crippen LogP contribution in [-0.2, 0) is 5.41 Å². The van der Waals surface area contributed by atoms with E-state index in [-0.39, 0.29) is 5.41 Å². The average Bonchev–Trinajstić information content (AvgIpc) is 2.45. The lowest BCUT2D eigenvalue weighted by Crippen LogP contribution is -2.38. The molecule has 0 fully saturated rings. The molecule has 0 aliphatic heterocycles. The highest BCUT2D eigenvalue weighted by Gasteiger charge is 2.30. The predicted molar refractivity (Wildman–Crippen MR) is 87.8 cm³/mol. The van der Waals surface area contributed by atoms with Gasteiger partial charge in [0.15, 0.2) is 0 Å². The Morgan fingerprint density at radius 1 is 1.10 bits per heavy atom. The molecule has 0 aliphatic rings. The van der Waals surface area contributed by atoms with E-state index in [9.17, 15) is 0 Å². The molecule has 1 N–H and O–H groups in total. The van der Waals surface area contributed by atoms with Crippen LogP contribution in [0, 0.1) is 6.92 Å². The summed E-state index contributed by atoms with van der Waals surface area (Å²) in [7, 11) is 1.76. The Kier molecular flexibility index (Phi) is 7.08. The molecule has 0 bridgehead atoms. The maximum absolute atomic E-state index is 5.52. The lowest BCUT2D eigenvalue weighted by atomic mass is 9.73. The maximum Gasteiger partial charge on any atom is 0.122 e. The Morgan fingerprint density at radius 2 is 1.75 bits per heavy atom. The third-order valence-corrected chi connectivity index (χ3v) is 4.19. The fraction of sp³-hybridized carbons (Fsp3) is 0.667. The first-order valence-corrected chi connectivity index (χ1v) is 7.99. The summed E-state index contributed by atoms with van der Waals surface area (Å²) in [6.07, 6.45) is 4.86. The number of ether oxygens (including phenoxy) is 1. The van der Waals surface area contributed by atoms with Crippen LogP contribution >= 0.6 is 0 Å². The van der Waals surface area contributed by atoms with Gasteiger partial charge in [0.05, 0.1) is 7.11 Å². The number of nitrogens with one attached hydrogen (secondary N) is 1. The lowest BCUT2D eigenvalue weighted by molar-refractivity contribution is 0.335. The minimum Gasteiger partial charge on any atom is -0.496 e. The minimum absolute atomic E-state index is 0.237. The third-order valence-electron chi connectivity index (χ3n) is 4.19. The molecule has 0 radical (unpaired) electrons. The molecule has 114 valence electrons. The average molecular weight is 277 g/mol. The van der Waals surface area contributed by atoms with Crippen molar-refractivity contribution in [1.29, 1.82) is 0 Å². The fourth-order valence-corrected chi connectivity index (χ4v) is 3.16. The van der Waals surface area contributed by atoms with E-state index >= 15 is 0 Å². The number of benzene rings is 1. The van der Waals surface area contributed by atoms with Crippen LogP contribution in [0.15, 0.2) is 18.2 Å². The highest BCUT2D eigenvalue weighted by atomic mass is 16.5. The molecule has 0 aromatic heterocycles. The lowest BCUT2D eigenvalue weighted by Gasteiger charge is -2.35. The molecule has 0 saturated heterocycles. The molecule has 0 spiro atoms. The quantitative estimate of drug-likeness (QED) is 0.720. The molecule has 2 nitrogen and oxygen atoms in total. The topological polar surface area (TPSA) is 21.3 Å². The first-order valence-electron chi connectivity index (χ1n) is 7.99. The summed E-state index contributed by atoms with van der Waals surface area (Å²) in [5, 5.41) is 3.57. The summed E-state index contributed by atoms with van der Waals surface area (Å²) in [4.78, 5) is 0. The number of rotatable bonds is 9. The standard InChI is InChI=1S/C18H31NO/c1-6-11-18(12-7-2,14-19-8-3)16-10-9-15(4)17(13-16)20-5/h9-10,13,19H,6-8,11-12,14H2,1-5H3. The van der Waals surface area contributed by atoms with Crippen LogP contribution in [0.25, 0.3) is 0 Å². The Labute approximate surface area is 124 Å². The van der Waals surface area contributed by atoms with E-state index in [0.29, 0.717) is 0 Å². The van der Waals surface area contributed by atoms with E-state index in [1.165, 1.54) is 36.8 Å². The molecule has 2 heteroatoms. The largest absolute Gasteiger partial charge is 0.496 e. The van der Waals surface area contributed by atoms with Gasteiger partial charge in [0.25, 0.3) is 0 Å². The van der Waals surface area contributed by atoms with Crippen molar-refractivity contribution in [2.24, 2.45) is 0 Å². The van der Waals surface area contributed by atoms with E-state index < -0.39 is 0 Å². The summed E-state index contributed by atoms with van der Waals surface area (Å²) >= 11 is 0. The molecule has 0 heterocycles. The molecule has 0 amide bonds. The zero-order chi connectivity index (χ0) is 15.0. The van der Waals surface area contributed by atoms with Gasteiger partial charge in [-0.1, -0.05) is 45.7 Å². The monoisotopic (exact) mass is 277 g/mol. The van der Waals surface area contributed by atoms with Gasteiger partial charge < -0.3 is 10.1 Å². The SMILES string of the molecule is CCCC(CCC)(CNCC)c1ccc(C)c(OC)c1. The van der Waals surface area contributed by atoms with Crippen molar-refractivity contribution in [1.82, 2.24) is 5.32 Å². The smallest absolute Gasteiger partial charge is 0.122 e. The first-order chi connectivity index (χ1) is 9.63. The second-order valence-corrected chi connectivity index (χ2v) is 5.75. The van der Waals surface area contributed by atoms with Gasteiger partial charge in [0.2, 0.25) is 0 Å². The second kappa shape index (κ2) is 8.31. The summed E-state index contributed by atoms with van der Waals surface area (Å²) in [6, 6.07) is 6.73. The minimum atomic E-state index is 0.237. The van der Waals surface area contributed by atoms with Gasteiger partial charge in [-0.15, -0.1) is 0 Å². The van der Waals surface area contributed by atoms with Crippen molar-refractivity contribution in [3.05, 3.63) is 29.3 Å². The van der Waals surface area contributed by atoms with Crippen LogP contribution in [0.5, 0.6) is 5.75 Å². The van der Waals surface area contributed by atoms with Crippen LogP contribution in [0.2, 0.25) is 0 Å². The van der Waals surface area contributed by atoms with Crippen molar-refractivity contribution in [2.75, 3.05) is 20.2 Å². The van der Waals surface area contributed by atoms with Crippen LogP contribution < -0.4 is 10.1 Å². The van der Waals surface area contributed by atoms with E-state index in [0.717, 1.165) is 18.8 Å². The molecule has 1 aromatic carbocycles. The van der Waals surface area contributed by atoms with Crippen molar-refractivity contribution in [3.63, 3.8) is 0 Å². The van der Waals surface area contributed by atoms with Crippen molar-refractivity contribution < 1.29 is 4.74 Å². The zero-order valence-corrected chi connectivity index (χ0v) is 13.9. The maximum atomic E-state index is 5.52. The highest BCUT2D eigenvalue weighted by Crippen LogP contribution is 2.36. The fourth-order valence-electron chi connectivity index (χ4n) is 3.16. The summed E-state index contributed by atoms with van der Waals surface area (Å²) in [5.41, 5.74) is 2.87. The van der Waals surface area contributed by atoms with Crippen LogP contribution in [0.1, 0.15) is 57.6 Å². The van der Waals surface area contributed by atoms with Gasteiger partial charge in [-0.05, 0) is 43.5 Å². The molecule has 0 unspecified atom stereocenters. The molecule has 20 heavy (non-hydrogen) atoms. The number of hydrogen-bond donors (Lipinski definition) is 1. The molecule has 1 aromatic rings. The molecule has 1 rings (SSSR count). The van der Waals surface area contributed by atoms with Crippen molar-refractivity contribution in [3.8, 4) is 5.75 Å². The molecule has 0 saturated carbocycles. The van der Waals surface area contributed by atoms with Gasteiger partial charge in [0, 0.05) is 12.0 Å². The predicted octanol–water partition coefficient (Wildman–Crippen LogP) is 4.45. The highest BCUT2D eigenvalue weighted by molar-refractivity contribution is 5.40. The van der Waals surface area contributed by atoms with Gasteiger partial charge >= 0.3 is 0 Å². The summed E-state index contributed by atoms with van der Waals surface area (Å²) in [6.45, 7) is 10.9. The third kappa shape index (κ3) is 3.99. The van der Waals surface area contributed by atoms with Crippen LogP contribution in [0.4, 0.5) is 0 Å². The zero-order valence-electron chi connectivity index (χ0n) is 13.9. The molecule has 0 atom stereocenters. The molecular weight excluding hydrogens is 246 g/mol. The van der Waals surface area contributed by atoms with Gasteiger partial charge in [-0.25, -0.2) is 0 Å². The van der Waals surface area contributed by atoms with Crippen molar-refractivity contribution >= 4 is 0 Å². The Hall–Kier alpha value is -1.02. The first kappa shape index (κ1) is 17.0. The van der Waals surface area contributed by atoms with Gasteiger partial charge in [-0.2, -0.15) is 0 Å². The molecular formula is C18H31NO. The van der Waals surface area contributed by atoms with Crippen molar-refractivity contribution in [2.45, 2.75) is 58.8 Å². The summed E-state index contributed by atoms with van der Waals surface area (Å²) < 4.78 is 5.52. The van der Waals surface area contributed by atoms with E-state index in [1.54, 1.807) is 7.11 Å². The van der Waals surface area contributed by atoms with E-state index in [4.69, 9.17) is 4.74 Å².